The average molecular weight is 301 g/mol. The molecule has 0 bridgehead atoms. The number of carboxylic acids is 2. The summed E-state index contributed by atoms with van der Waals surface area (Å²) in [6, 6.07) is -1.83. The topological polar surface area (TPSA) is 183 Å². The van der Waals surface area contributed by atoms with E-state index >= 15 is 0 Å². The summed E-state index contributed by atoms with van der Waals surface area (Å²) >= 11 is 0. The normalized spacial score (nSPS) is 11.6. The average Bonchev–Trinajstić information content (AvgIpc) is 2.35. The Labute approximate surface area is 114 Å². The molecule has 0 spiro atoms. The highest BCUT2D eigenvalue weighted by Gasteiger charge is 2.30. The maximum atomic E-state index is 11.5. The first-order valence-corrected chi connectivity index (χ1v) is 5.14. The number of rotatable bonds is 6. The Hall–Kier alpha value is -3.31. The molecule has 1 aromatic heterocycles. The van der Waals surface area contributed by atoms with E-state index < -0.39 is 51.1 Å². The van der Waals surface area contributed by atoms with E-state index in [0.29, 0.717) is 17.0 Å². The molecule has 0 aliphatic heterocycles. The Morgan fingerprint density at radius 1 is 1.14 bits per heavy atom. The summed E-state index contributed by atoms with van der Waals surface area (Å²) in [5.74, 6) is -3.21. The van der Waals surface area contributed by atoms with E-state index in [1.807, 2.05) is 0 Å². The summed E-state index contributed by atoms with van der Waals surface area (Å²) in [4.78, 5) is 51.9. The van der Waals surface area contributed by atoms with Crippen LogP contribution in [-0.4, -0.2) is 36.6 Å². The van der Waals surface area contributed by atoms with Crippen molar-refractivity contribution in [3.63, 3.8) is 0 Å². The third-order valence-electron chi connectivity index (χ3n) is 2.41. The van der Waals surface area contributed by atoms with Gasteiger partial charge in [0.25, 0.3) is 0 Å². The fourth-order valence-electron chi connectivity index (χ4n) is 1.49. The van der Waals surface area contributed by atoms with Gasteiger partial charge in [0, 0.05) is 0 Å². The lowest BCUT2D eigenvalue weighted by atomic mass is 10.2. The second kappa shape index (κ2) is 5.77. The van der Waals surface area contributed by atoms with Crippen LogP contribution in [0.3, 0.4) is 0 Å². The molecule has 2 N–H and O–H groups in total. The first-order chi connectivity index (χ1) is 9.65. The van der Waals surface area contributed by atoms with E-state index in [2.05, 4.69) is 0 Å². The molecule has 112 valence electrons. The summed E-state index contributed by atoms with van der Waals surface area (Å²) in [6.07, 6.45) is -0.0688. The fraction of sp³-hybridized carbons (Fsp3) is 0.222. The third-order valence-corrected chi connectivity index (χ3v) is 2.41. The molecule has 0 fully saturated rings. The standard InChI is InChI=1S/C9H7N3O9/c13-7(14)1-4(9(16)17)10-2-5(11(18)19)8(15)6(3-10)12(20)21/h2-4H,1H2,(H,13,14)(H,16,17)/t4-/m1/s1. The number of carboxylic acid groups (broad SMARTS) is 2. The number of pyridine rings is 1. The molecule has 21 heavy (non-hydrogen) atoms. The largest absolute Gasteiger partial charge is 0.481 e. The van der Waals surface area contributed by atoms with E-state index in [1.165, 1.54) is 0 Å². The SMILES string of the molecule is O=C(O)C[C@H](C(=O)O)n1cc([N+](=O)[O-])c(=O)c([N+](=O)[O-])c1. The van der Waals surface area contributed by atoms with Gasteiger partial charge in [-0.15, -0.1) is 0 Å². The van der Waals surface area contributed by atoms with Gasteiger partial charge in [-0.3, -0.25) is 29.8 Å². The van der Waals surface area contributed by atoms with E-state index in [4.69, 9.17) is 10.2 Å². The molecule has 12 nitrogen and oxygen atoms in total. The van der Waals surface area contributed by atoms with Crippen LogP contribution in [0.2, 0.25) is 0 Å². The van der Waals surface area contributed by atoms with Crippen LogP contribution < -0.4 is 5.43 Å². The lowest BCUT2D eigenvalue weighted by Crippen LogP contribution is -2.25. The van der Waals surface area contributed by atoms with Gasteiger partial charge in [0.2, 0.25) is 0 Å². The number of hydrogen-bond donors (Lipinski definition) is 2. The predicted octanol–water partition coefficient (Wildman–Crippen LogP) is -0.235. The monoisotopic (exact) mass is 301 g/mol. The van der Waals surface area contributed by atoms with Gasteiger partial charge in [-0.2, -0.15) is 0 Å². The molecule has 0 unspecified atom stereocenters. The molecule has 0 saturated carbocycles. The van der Waals surface area contributed by atoms with Gasteiger partial charge in [0.15, 0.2) is 0 Å². The Balaban J connectivity index is 3.58. The molecular formula is C9H7N3O9. The van der Waals surface area contributed by atoms with Crippen molar-refractivity contribution >= 4 is 23.3 Å². The van der Waals surface area contributed by atoms with Crippen molar-refractivity contribution in [2.24, 2.45) is 0 Å². The Kier molecular flexibility index (Phi) is 4.32. The van der Waals surface area contributed by atoms with Crippen LogP contribution >= 0.6 is 0 Å². The minimum Gasteiger partial charge on any atom is -0.481 e. The molecule has 0 aromatic carbocycles. The second-order valence-electron chi connectivity index (χ2n) is 3.77. The predicted molar refractivity (Wildman–Crippen MR) is 62.9 cm³/mol. The molecule has 1 aromatic rings. The van der Waals surface area contributed by atoms with Crippen molar-refractivity contribution in [1.29, 1.82) is 0 Å². The number of nitro groups is 2. The lowest BCUT2D eigenvalue weighted by molar-refractivity contribution is -0.397. The first kappa shape index (κ1) is 15.7. The summed E-state index contributed by atoms with van der Waals surface area (Å²) in [6.45, 7) is 0. The minimum absolute atomic E-state index is 0.452. The van der Waals surface area contributed by atoms with Gasteiger partial charge >= 0.3 is 28.7 Å². The van der Waals surface area contributed by atoms with Crippen molar-refractivity contribution in [1.82, 2.24) is 4.57 Å². The van der Waals surface area contributed by atoms with Gasteiger partial charge < -0.3 is 14.8 Å². The maximum Gasteiger partial charge on any atom is 0.339 e. The van der Waals surface area contributed by atoms with Crippen molar-refractivity contribution in [3.8, 4) is 0 Å². The highest BCUT2D eigenvalue weighted by Crippen LogP contribution is 2.19. The van der Waals surface area contributed by atoms with Gasteiger partial charge in [-0.1, -0.05) is 0 Å². The first-order valence-electron chi connectivity index (χ1n) is 5.14. The molecular weight excluding hydrogens is 294 g/mol. The smallest absolute Gasteiger partial charge is 0.339 e. The number of hydrogen-bond acceptors (Lipinski definition) is 7. The van der Waals surface area contributed by atoms with Crippen LogP contribution in [0.1, 0.15) is 12.5 Å². The van der Waals surface area contributed by atoms with Gasteiger partial charge in [-0.05, 0) is 0 Å². The fourth-order valence-corrected chi connectivity index (χ4v) is 1.49. The van der Waals surface area contributed by atoms with Crippen molar-refractivity contribution < 1.29 is 29.6 Å². The zero-order valence-corrected chi connectivity index (χ0v) is 10.0. The lowest BCUT2D eigenvalue weighted by Gasteiger charge is -2.13. The van der Waals surface area contributed by atoms with Gasteiger partial charge in [0.1, 0.15) is 6.04 Å². The molecule has 12 heteroatoms. The molecule has 0 saturated heterocycles. The number of aliphatic carboxylic acids is 2. The van der Waals surface area contributed by atoms with E-state index in [1.54, 1.807) is 0 Å². The zero-order valence-electron chi connectivity index (χ0n) is 10.0. The Morgan fingerprint density at radius 3 is 1.86 bits per heavy atom. The molecule has 1 heterocycles. The minimum atomic E-state index is -1.83. The molecule has 1 atom stereocenters. The van der Waals surface area contributed by atoms with Crippen LogP contribution in [0, 0.1) is 20.2 Å². The van der Waals surface area contributed by atoms with Gasteiger partial charge in [-0.25, -0.2) is 4.79 Å². The highest BCUT2D eigenvalue weighted by atomic mass is 16.6. The Bertz CT molecular complexity index is 654. The van der Waals surface area contributed by atoms with Crippen molar-refractivity contribution in [3.05, 3.63) is 42.8 Å². The molecule has 0 radical (unpaired) electrons. The molecule has 0 amide bonds. The summed E-state index contributed by atoms with van der Waals surface area (Å²) in [5.41, 5.74) is -3.94. The van der Waals surface area contributed by atoms with Crippen LogP contribution in [0.15, 0.2) is 17.2 Å². The van der Waals surface area contributed by atoms with Crippen molar-refractivity contribution in [2.75, 3.05) is 0 Å². The van der Waals surface area contributed by atoms with Crippen LogP contribution in [0.4, 0.5) is 11.4 Å². The molecule has 1 rings (SSSR count). The van der Waals surface area contributed by atoms with Gasteiger partial charge in [0.05, 0.1) is 28.7 Å². The third kappa shape index (κ3) is 3.37. The van der Waals surface area contributed by atoms with E-state index in [-0.39, 0.29) is 0 Å². The van der Waals surface area contributed by atoms with E-state index in [9.17, 15) is 34.6 Å². The number of nitrogens with zero attached hydrogens (tertiary/aromatic N) is 3. The van der Waals surface area contributed by atoms with Crippen LogP contribution in [0.5, 0.6) is 0 Å². The van der Waals surface area contributed by atoms with Crippen molar-refractivity contribution in [2.45, 2.75) is 12.5 Å². The van der Waals surface area contributed by atoms with Crippen LogP contribution in [-0.2, 0) is 9.59 Å². The Morgan fingerprint density at radius 2 is 1.57 bits per heavy atom. The number of carbonyl (C=O) groups is 2. The van der Waals surface area contributed by atoms with Crippen LogP contribution in [0.25, 0.3) is 0 Å². The highest BCUT2D eigenvalue weighted by molar-refractivity contribution is 5.79. The second-order valence-corrected chi connectivity index (χ2v) is 3.77. The number of aromatic nitrogens is 1. The molecule has 0 aliphatic rings. The summed E-state index contributed by atoms with van der Waals surface area (Å²) in [5, 5.41) is 38.8. The quantitative estimate of drug-likeness (QED) is 0.528. The zero-order chi connectivity index (χ0) is 16.3. The summed E-state index contributed by atoms with van der Waals surface area (Å²) < 4.78 is 0.452. The maximum absolute atomic E-state index is 11.5. The molecule has 0 aliphatic carbocycles. The summed E-state index contributed by atoms with van der Waals surface area (Å²) in [7, 11) is 0. The van der Waals surface area contributed by atoms with E-state index in [0.717, 1.165) is 0 Å².